The number of benzene rings is 2. The molecule has 2 aromatic carbocycles. The quantitative estimate of drug-likeness (QED) is 0.519. The first kappa shape index (κ1) is 25.8. The molecule has 0 saturated carbocycles. The van der Waals surface area contributed by atoms with Crippen LogP contribution in [0.15, 0.2) is 42.5 Å². The summed E-state index contributed by atoms with van der Waals surface area (Å²) < 4.78 is 28.7. The smallest absolute Gasteiger partial charge is 0.334 e. The number of carbonyl (C=O) groups excluding carboxylic acids is 2. The first-order valence-corrected chi connectivity index (χ1v) is 12.4. The lowest BCUT2D eigenvalue weighted by atomic mass is 9.81. The van der Waals surface area contributed by atoms with Gasteiger partial charge in [0.15, 0.2) is 17.6 Å². The molecule has 0 N–H and O–H groups in total. The van der Waals surface area contributed by atoms with Crippen LogP contribution < -0.4 is 14.2 Å². The van der Waals surface area contributed by atoms with Gasteiger partial charge >= 0.3 is 5.97 Å². The summed E-state index contributed by atoms with van der Waals surface area (Å²) in [5.74, 6) is 1.45. The van der Waals surface area contributed by atoms with Crippen LogP contribution in [0.3, 0.4) is 0 Å². The molecule has 0 bridgehead atoms. The zero-order valence-electron chi connectivity index (χ0n) is 21.6. The van der Waals surface area contributed by atoms with Gasteiger partial charge in [0.05, 0.1) is 26.4 Å². The Bertz CT molecular complexity index is 1090. The van der Waals surface area contributed by atoms with Gasteiger partial charge in [-0.05, 0) is 45.0 Å². The Hall–Kier alpha value is -3.26. The molecule has 0 aliphatic carbocycles. The Morgan fingerprint density at radius 1 is 1.03 bits per heavy atom. The number of nitrogens with zero attached hydrogens (tertiary/aromatic N) is 1. The molecule has 1 spiro atoms. The predicted octanol–water partition coefficient (Wildman–Crippen LogP) is 4.56. The topological polar surface area (TPSA) is 83.5 Å². The van der Waals surface area contributed by atoms with Crippen molar-refractivity contribution >= 4 is 11.9 Å². The van der Waals surface area contributed by atoms with E-state index in [9.17, 15) is 9.59 Å². The molecule has 2 heterocycles. The number of methoxy groups -OCH3 is 2. The van der Waals surface area contributed by atoms with Gasteiger partial charge in [0.2, 0.25) is 0 Å². The second-order valence-corrected chi connectivity index (χ2v) is 9.64. The van der Waals surface area contributed by atoms with Gasteiger partial charge in [0, 0.05) is 43.5 Å². The van der Waals surface area contributed by atoms with Gasteiger partial charge in [0.1, 0.15) is 11.4 Å². The molecule has 1 saturated heterocycles. The van der Waals surface area contributed by atoms with Gasteiger partial charge in [-0.2, -0.15) is 0 Å². The zero-order valence-corrected chi connectivity index (χ0v) is 21.6. The SMILES string of the molecule is COC(=O)C(C)OC1CC2(CCN(C(=O)c3ccc(OC(C)C)c(OC)c3)CC2)Oc2ccccc21. The summed E-state index contributed by atoms with van der Waals surface area (Å²) in [6, 6.07) is 13.1. The summed E-state index contributed by atoms with van der Waals surface area (Å²) in [4.78, 5) is 27.1. The molecule has 1 amide bonds. The molecule has 36 heavy (non-hydrogen) atoms. The Morgan fingerprint density at radius 2 is 1.75 bits per heavy atom. The fourth-order valence-corrected chi connectivity index (χ4v) is 4.91. The van der Waals surface area contributed by atoms with Crippen LogP contribution >= 0.6 is 0 Å². The minimum Gasteiger partial charge on any atom is -0.493 e. The number of ether oxygens (including phenoxy) is 5. The second-order valence-electron chi connectivity index (χ2n) is 9.64. The maximum Gasteiger partial charge on any atom is 0.334 e. The van der Waals surface area contributed by atoms with Crippen molar-refractivity contribution in [2.75, 3.05) is 27.3 Å². The van der Waals surface area contributed by atoms with Crippen LogP contribution in [-0.4, -0.2) is 61.9 Å². The van der Waals surface area contributed by atoms with E-state index >= 15 is 0 Å². The van der Waals surface area contributed by atoms with E-state index in [1.165, 1.54) is 7.11 Å². The van der Waals surface area contributed by atoms with E-state index in [1.54, 1.807) is 32.2 Å². The number of para-hydroxylation sites is 1. The number of hydrogen-bond donors (Lipinski definition) is 0. The second kappa shape index (κ2) is 10.8. The van der Waals surface area contributed by atoms with E-state index in [0.717, 1.165) is 11.3 Å². The third-order valence-electron chi connectivity index (χ3n) is 6.79. The Kier molecular flexibility index (Phi) is 7.73. The first-order chi connectivity index (χ1) is 17.2. The average Bonchev–Trinajstić information content (AvgIpc) is 2.88. The van der Waals surface area contributed by atoms with Gasteiger partial charge in [-0.3, -0.25) is 4.79 Å². The molecule has 2 aliphatic heterocycles. The van der Waals surface area contributed by atoms with Crippen LogP contribution in [0.4, 0.5) is 0 Å². The van der Waals surface area contributed by atoms with Gasteiger partial charge in [-0.1, -0.05) is 18.2 Å². The average molecular weight is 498 g/mol. The van der Waals surface area contributed by atoms with Crippen molar-refractivity contribution in [3.05, 3.63) is 53.6 Å². The van der Waals surface area contributed by atoms with Gasteiger partial charge < -0.3 is 28.6 Å². The van der Waals surface area contributed by atoms with Crippen LogP contribution in [0.25, 0.3) is 0 Å². The molecule has 2 atom stereocenters. The van der Waals surface area contributed by atoms with Crippen molar-refractivity contribution in [2.45, 2.75) is 63.9 Å². The highest BCUT2D eigenvalue weighted by Gasteiger charge is 2.45. The van der Waals surface area contributed by atoms with Crippen LogP contribution in [0, 0.1) is 0 Å². The number of hydrogen-bond acceptors (Lipinski definition) is 7. The highest BCUT2D eigenvalue weighted by molar-refractivity contribution is 5.95. The lowest BCUT2D eigenvalue weighted by Crippen LogP contribution is -2.52. The van der Waals surface area contributed by atoms with Gasteiger partial charge in [-0.25, -0.2) is 4.79 Å². The van der Waals surface area contributed by atoms with E-state index < -0.39 is 17.7 Å². The van der Waals surface area contributed by atoms with Crippen molar-refractivity contribution in [1.29, 1.82) is 0 Å². The highest BCUT2D eigenvalue weighted by Crippen LogP contribution is 2.46. The summed E-state index contributed by atoms with van der Waals surface area (Å²) in [5.41, 5.74) is 1.01. The third kappa shape index (κ3) is 5.43. The van der Waals surface area contributed by atoms with E-state index in [0.29, 0.717) is 49.4 Å². The van der Waals surface area contributed by atoms with Crippen LogP contribution in [0.5, 0.6) is 17.2 Å². The van der Waals surface area contributed by atoms with Crippen molar-refractivity contribution < 1.29 is 33.3 Å². The maximum atomic E-state index is 13.3. The number of amides is 1. The molecular formula is C28H35NO7. The Morgan fingerprint density at radius 3 is 2.42 bits per heavy atom. The number of rotatable bonds is 7. The van der Waals surface area contributed by atoms with Gasteiger partial charge in [0.25, 0.3) is 5.91 Å². The molecule has 2 aliphatic rings. The minimum absolute atomic E-state index is 0.00257. The standard InChI is InChI=1S/C28H35NO7/c1-18(2)34-23-11-10-20(16-24(23)32-4)26(30)29-14-12-28(13-15-29)17-25(35-19(3)27(31)33-5)21-8-6-7-9-22(21)36-28/h6-11,16,18-19,25H,12-15,17H2,1-5H3. The van der Waals surface area contributed by atoms with E-state index in [-0.39, 0.29) is 18.1 Å². The summed E-state index contributed by atoms with van der Waals surface area (Å²) >= 11 is 0. The summed E-state index contributed by atoms with van der Waals surface area (Å²) in [7, 11) is 2.92. The van der Waals surface area contributed by atoms with Crippen molar-refractivity contribution in [2.24, 2.45) is 0 Å². The minimum atomic E-state index is -0.692. The number of fused-ring (bicyclic) bond motifs is 1. The predicted molar refractivity (Wildman–Crippen MR) is 134 cm³/mol. The highest BCUT2D eigenvalue weighted by atomic mass is 16.6. The van der Waals surface area contributed by atoms with Crippen molar-refractivity contribution in [1.82, 2.24) is 4.90 Å². The number of esters is 1. The number of carbonyl (C=O) groups is 2. The summed E-state index contributed by atoms with van der Waals surface area (Å²) in [5, 5.41) is 0. The summed E-state index contributed by atoms with van der Waals surface area (Å²) in [6.07, 6.45) is 0.924. The Balaban J connectivity index is 1.47. The fourth-order valence-electron chi connectivity index (χ4n) is 4.91. The van der Waals surface area contributed by atoms with Crippen molar-refractivity contribution in [3.63, 3.8) is 0 Å². The third-order valence-corrected chi connectivity index (χ3v) is 6.79. The molecule has 0 aromatic heterocycles. The molecule has 0 radical (unpaired) electrons. The Labute approximate surface area is 212 Å². The van der Waals surface area contributed by atoms with Crippen molar-refractivity contribution in [3.8, 4) is 17.2 Å². The zero-order chi connectivity index (χ0) is 25.9. The van der Waals surface area contributed by atoms with Crippen LogP contribution in [-0.2, 0) is 14.3 Å². The largest absolute Gasteiger partial charge is 0.493 e. The lowest BCUT2D eigenvalue weighted by molar-refractivity contribution is -0.161. The first-order valence-electron chi connectivity index (χ1n) is 12.4. The van der Waals surface area contributed by atoms with E-state index in [1.807, 2.05) is 43.0 Å². The normalized spacial score (nSPS) is 19.3. The molecule has 2 aromatic rings. The molecular weight excluding hydrogens is 462 g/mol. The summed E-state index contributed by atoms with van der Waals surface area (Å²) in [6.45, 7) is 6.68. The van der Waals surface area contributed by atoms with E-state index in [2.05, 4.69) is 0 Å². The van der Waals surface area contributed by atoms with Crippen LogP contribution in [0.2, 0.25) is 0 Å². The molecule has 8 heteroatoms. The monoisotopic (exact) mass is 497 g/mol. The molecule has 194 valence electrons. The lowest BCUT2D eigenvalue weighted by Gasteiger charge is -2.47. The number of piperidine rings is 1. The van der Waals surface area contributed by atoms with E-state index in [4.69, 9.17) is 23.7 Å². The molecule has 8 nitrogen and oxygen atoms in total. The number of likely N-dealkylation sites (tertiary alicyclic amines) is 1. The molecule has 2 unspecified atom stereocenters. The van der Waals surface area contributed by atoms with Gasteiger partial charge in [-0.15, -0.1) is 0 Å². The maximum absolute atomic E-state index is 13.3. The molecule has 4 rings (SSSR count). The van der Waals surface area contributed by atoms with Crippen LogP contribution in [0.1, 0.15) is 62.1 Å². The molecule has 1 fully saturated rings. The fraction of sp³-hybridized carbons (Fsp3) is 0.500.